The van der Waals surface area contributed by atoms with E-state index in [9.17, 15) is 0 Å². The van der Waals surface area contributed by atoms with E-state index < -0.39 is 0 Å². The lowest BCUT2D eigenvalue weighted by Gasteiger charge is -2.19. The van der Waals surface area contributed by atoms with E-state index in [1.54, 1.807) is 0 Å². The Morgan fingerprint density at radius 3 is 2.32 bits per heavy atom. The maximum atomic E-state index is 4.98. The van der Waals surface area contributed by atoms with Crippen LogP contribution in [0.2, 0.25) is 0 Å². The summed E-state index contributed by atoms with van der Waals surface area (Å²) in [5.74, 6) is 0. The minimum Gasteiger partial charge on any atom is -0.302 e. The number of aryl methyl sites for hydroxylation is 2. The van der Waals surface area contributed by atoms with Gasteiger partial charge in [-0.2, -0.15) is 5.10 Å². The van der Waals surface area contributed by atoms with Gasteiger partial charge in [-0.15, -0.1) is 12.4 Å². The number of nitrogens with zero attached hydrogens (tertiary/aromatic N) is 2. The smallest absolute Gasteiger partial charge is 0.110 e. The molecule has 2 heterocycles. The molecule has 1 aromatic carbocycles. The highest BCUT2D eigenvalue weighted by atomic mass is 127. The Morgan fingerprint density at radius 2 is 1.82 bits per heavy atom. The Bertz CT molecular complexity index is 669. The Balaban J connectivity index is 0.00000176. The third-order valence-corrected chi connectivity index (χ3v) is 5.50. The van der Waals surface area contributed by atoms with E-state index in [0.29, 0.717) is 0 Å². The van der Waals surface area contributed by atoms with Crippen LogP contribution in [0, 0.1) is 3.70 Å². The quantitative estimate of drug-likeness (QED) is 0.732. The van der Waals surface area contributed by atoms with Crippen LogP contribution in [0.3, 0.4) is 0 Å². The molecule has 0 saturated heterocycles. The van der Waals surface area contributed by atoms with Crippen molar-refractivity contribution in [2.75, 3.05) is 0 Å². The predicted molar refractivity (Wildman–Crippen MR) is 102 cm³/mol. The van der Waals surface area contributed by atoms with Gasteiger partial charge in [0.05, 0.1) is 16.9 Å². The first-order valence-electron chi connectivity index (χ1n) is 7.63. The molecule has 22 heavy (non-hydrogen) atoms. The minimum absolute atomic E-state index is 0. The van der Waals surface area contributed by atoms with Gasteiger partial charge >= 0.3 is 0 Å². The molecule has 1 aliphatic rings. The topological polar surface area (TPSA) is 29.9 Å². The van der Waals surface area contributed by atoms with Crippen molar-refractivity contribution in [1.29, 1.82) is 0 Å². The number of nitrogens with one attached hydrogen (secondary N) is 1. The van der Waals surface area contributed by atoms with Gasteiger partial charge in [0, 0.05) is 12.1 Å². The lowest BCUT2D eigenvalue weighted by molar-refractivity contribution is 0.425. The second kappa shape index (κ2) is 6.49. The lowest BCUT2D eigenvalue weighted by atomic mass is 10.0. The third kappa shape index (κ3) is 2.69. The predicted octanol–water partition coefficient (Wildman–Crippen LogP) is 4.36. The highest BCUT2D eigenvalue weighted by Crippen LogP contribution is 2.35. The summed E-state index contributed by atoms with van der Waals surface area (Å²) in [6.07, 6.45) is 2.07. The van der Waals surface area contributed by atoms with E-state index in [1.807, 2.05) is 0 Å². The zero-order valence-corrected chi connectivity index (χ0v) is 16.5. The molecule has 2 aromatic rings. The third-order valence-electron chi connectivity index (χ3n) is 4.40. The maximum Gasteiger partial charge on any atom is 0.110 e. The molecule has 0 saturated carbocycles. The lowest BCUT2D eigenvalue weighted by Crippen LogP contribution is -2.30. The molecule has 0 aliphatic carbocycles. The number of halogens is 2. The van der Waals surface area contributed by atoms with Crippen molar-refractivity contribution in [2.24, 2.45) is 0 Å². The molecule has 0 spiro atoms. The SMILES string of the molecule is CCc1cccc(CC)c1-n1nc2c(c1I)CNC2(C)C.Cl. The number of benzene rings is 1. The van der Waals surface area contributed by atoms with Gasteiger partial charge in [-0.3, -0.25) is 0 Å². The zero-order chi connectivity index (χ0) is 15.2. The molecule has 0 atom stereocenters. The normalized spacial score (nSPS) is 15.5. The number of hydrogen-bond acceptors (Lipinski definition) is 2. The molecule has 3 nitrogen and oxygen atoms in total. The van der Waals surface area contributed by atoms with Crippen molar-refractivity contribution < 1.29 is 0 Å². The van der Waals surface area contributed by atoms with Crippen LogP contribution in [0.25, 0.3) is 5.69 Å². The first kappa shape index (κ1) is 17.8. The van der Waals surface area contributed by atoms with Gasteiger partial charge in [-0.25, -0.2) is 4.68 Å². The first-order valence-corrected chi connectivity index (χ1v) is 8.71. The second-order valence-electron chi connectivity index (χ2n) is 6.14. The van der Waals surface area contributed by atoms with E-state index in [4.69, 9.17) is 5.10 Å². The highest BCUT2D eigenvalue weighted by molar-refractivity contribution is 14.1. The van der Waals surface area contributed by atoms with Crippen molar-refractivity contribution in [2.45, 2.75) is 52.6 Å². The van der Waals surface area contributed by atoms with Crippen LogP contribution in [-0.4, -0.2) is 9.78 Å². The van der Waals surface area contributed by atoms with Gasteiger partial charge in [0.1, 0.15) is 3.70 Å². The minimum atomic E-state index is -0.0337. The first-order chi connectivity index (χ1) is 9.99. The van der Waals surface area contributed by atoms with Crippen LogP contribution in [-0.2, 0) is 24.9 Å². The van der Waals surface area contributed by atoms with Gasteiger partial charge < -0.3 is 5.32 Å². The molecule has 0 amide bonds. The molecule has 1 aromatic heterocycles. The standard InChI is InChI=1S/C17H22IN3.ClH/c1-5-11-8-7-9-12(6-2)14(11)21-16(18)13-10-19-17(3,4)15(13)20-21;/h7-9,19H,5-6,10H2,1-4H3;1H. The van der Waals surface area contributed by atoms with E-state index in [-0.39, 0.29) is 17.9 Å². The van der Waals surface area contributed by atoms with Crippen LogP contribution in [0.15, 0.2) is 18.2 Å². The Morgan fingerprint density at radius 1 is 1.23 bits per heavy atom. The number of hydrogen-bond donors (Lipinski definition) is 1. The molecule has 5 heteroatoms. The number of fused-ring (bicyclic) bond motifs is 1. The van der Waals surface area contributed by atoms with Gasteiger partial charge in [0.15, 0.2) is 0 Å². The van der Waals surface area contributed by atoms with E-state index in [1.165, 1.54) is 31.8 Å². The fourth-order valence-corrected chi connectivity index (χ4v) is 3.91. The summed E-state index contributed by atoms with van der Waals surface area (Å²) in [6.45, 7) is 9.76. The van der Waals surface area contributed by atoms with E-state index >= 15 is 0 Å². The second-order valence-corrected chi connectivity index (χ2v) is 7.16. The fraction of sp³-hybridized carbons (Fsp3) is 0.471. The fourth-order valence-electron chi connectivity index (χ4n) is 3.12. The summed E-state index contributed by atoms with van der Waals surface area (Å²) >= 11 is 2.45. The zero-order valence-electron chi connectivity index (χ0n) is 13.5. The van der Waals surface area contributed by atoms with Gasteiger partial charge in [0.25, 0.3) is 0 Å². The summed E-state index contributed by atoms with van der Waals surface area (Å²) < 4.78 is 3.42. The number of aromatic nitrogens is 2. The van der Waals surface area contributed by atoms with Crippen LogP contribution in [0.5, 0.6) is 0 Å². The summed E-state index contributed by atoms with van der Waals surface area (Å²) in [4.78, 5) is 0. The molecule has 0 fully saturated rings. The van der Waals surface area contributed by atoms with Crippen LogP contribution >= 0.6 is 35.0 Å². The maximum absolute atomic E-state index is 4.98. The molecule has 1 N–H and O–H groups in total. The van der Waals surface area contributed by atoms with Gasteiger partial charge in [-0.05, 0) is 60.4 Å². The number of rotatable bonds is 3. The van der Waals surface area contributed by atoms with Crippen molar-refractivity contribution in [1.82, 2.24) is 15.1 Å². The molecule has 1 aliphatic heterocycles. The van der Waals surface area contributed by atoms with Crippen LogP contribution < -0.4 is 5.32 Å². The van der Waals surface area contributed by atoms with Crippen LogP contribution in [0.1, 0.15) is 50.1 Å². The highest BCUT2D eigenvalue weighted by Gasteiger charge is 2.35. The monoisotopic (exact) mass is 431 g/mol. The molecule has 3 rings (SSSR count). The average molecular weight is 432 g/mol. The average Bonchev–Trinajstić information content (AvgIpc) is 2.96. The Hall–Kier alpha value is -0.590. The van der Waals surface area contributed by atoms with Gasteiger partial charge in [-0.1, -0.05) is 32.0 Å². The molecular formula is C17H23ClIN3. The summed E-state index contributed by atoms with van der Waals surface area (Å²) in [7, 11) is 0. The Kier molecular flexibility index (Phi) is 5.24. The van der Waals surface area contributed by atoms with E-state index in [2.05, 4.69) is 78.5 Å². The van der Waals surface area contributed by atoms with Crippen LogP contribution in [0.4, 0.5) is 0 Å². The van der Waals surface area contributed by atoms with E-state index in [0.717, 1.165) is 19.4 Å². The largest absolute Gasteiger partial charge is 0.302 e. The van der Waals surface area contributed by atoms with Crippen molar-refractivity contribution in [3.63, 3.8) is 0 Å². The summed E-state index contributed by atoms with van der Waals surface area (Å²) in [5.41, 5.74) is 6.55. The van der Waals surface area contributed by atoms with Crippen molar-refractivity contribution in [3.05, 3.63) is 44.3 Å². The molecule has 120 valence electrons. The van der Waals surface area contributed by atoms with Crippen molar-refractivity contribution in [3.8, 4) is 5.69 Å². The molecule has 0 unspecified atom stereocenters. The molecule has 0 bridgehead atoms. The van der Waals surface area contributed by atoms with Gasteiger partial charge in [0.2, 0.25) is 0 Å². The summed E-state index contributed by atoms with van der Waals surface area (Å²) in [5, 5.41) is 8.51. The number of para-hydroxylation sites is 1. The molecule has 0 radical (unpaired) electrons. The Labute approximate surface area is 152 Å². The molecular weight excluding hydrogens is 409 g/mol. The van der Waals surface area contributed by atoms with Crippen molar-refractivity contribution >= 4 is 35.0 Å². The summed E-state index contributed by atoms with van der Waals surface area (Å²) in [6, 6.07) is 6.61.